The maximum absolute atomic E-state index is 12.3. The van der Waals surface area contributed by atoms with Crippen molar-refractivity contribution in [1.29, 1.82) is 0 Å². The van der Waals surface area contributed by atoms with E-state index in [4.69, 9.17) is 5.11 Å². The van der Waals surface area contributed by atoms with E-state index < -0.39 is 12.3 Å². The topological polar surface area (TPSA) is 53.0 Å². The Morgan fingerprint density at radius 3 is 2.34 bits per heavy atom. The smallest absolute Gasteiger partial charge is 0.481 e. The van der Waals surface area contributed by atoms with E-state index in [-0.39, 0.29) is 12.2 Å². The molecule has 1 aliphatic heterocycles. The summed E-state index contributed by atoms with van der Waals surface area (Å²) in [5, 5.41) is 8.99. The molecule has 0 spiro atoms. The van der Waals surface area contributed by atoms with Crippen LogP contribution in [-0.2, 0) is 11.2 Å². The second kappa shape index (κ2) is 8.96. The van der Waals surface area contributed by atoms with Gasteiger partial charge in [-0.2, -0.15) is 0 Å². The van der Waals surface area contributed by atoms with Gasteiger partial charge in [0.05, 0.1) is 6.42 Å². The van der Waals surface area contributed by atoms with Crippen LogP contribution < -0.4 is 9.64 Å². The average Bonchev–Trinajstić information content (AvgIpc) is 2.61. The van der Waals surface area contributed by atoms with Crippen molar-refractivity contribution in [3.8, 4) is 5.75 Å². The summed E-state index contributed by atoms with van der Waals surface area (Å²) in [4.78, 5) is 14.1. The fourth-order valence-electron chi connectivity index (χ4n) is 3.20. The van der Waals surface area contributed by atoms with Crippen LogP contribution in [0.2, 0.25) is 0 Å². The van der Waals surface area contributed by atoms with E-state index in [0.29, 0.717) is 0 Å². The molecule has 2 aromatic rings. The second-order valence-corrected chi connectivity index (χ2v) is 7.94. The molecule has 0 atom stereocenters. The molecule has 0 aromatic heterocycles. The van der Waals surface area contributed by atoms with Crippen LogP contribution in [0, 0.1) is 6.92 Å². The molecule has 2 aromatic carbocycles. The van der Waals surface area contributed by atoms with Gasteiger partial charge in [0.1, 0.15) is 5.75 Å². The van der Waals surface area contributed by atoms with Crippen LogP contribution in [0.15, 0.2) is 47.4 Å². The zero-order valence-electron chi connectivity index (χ0n) is 15.8. The highest BCUT2D eigenvalue weighted by atomic mass is 32.2. The fraction of sp³-hybridized carbons (Fsp3) is 0.350. The van der Waals surface area contributed by atoms with Crippen molar-refractivity contribution in [2.24, 2.45) is 0 Å². The van der Waals surface area contributed by atoms with Gasteiger partial charge in [-0.1, -0.05) is 6.07 Å². The quantitative estimate of drug-likeness (QED) is 0.694. The lowest BCUT2D eigenvalue weighted by Crippen LogP contribution is -2.43. The molecule has 3 rings (SSSR count). The lowest BCUT2D eigenvalue weighted by atomic mass is 10.1. The van der Waals surface area contributed by atoms with Gasteiger partial charge in [0.2, 0.25) is 0 Å². The van der Waals surface area contributed by atoms with E-state index in [0.717, 1.165) is 47.9 Å². The van der Waals surface area contributed by atoms with Gasteiger partial charge < -0.3 is 14.7 Å². The number of aliphatic carboxylic acids is 1. The molecule has 0 saturated carbocycles. The predicted molar refractivity (Wildman–Crippen MR) is 105 cm³/mol. The molecule has 0 bridgehead atoms. The number of aryl methyl sites for hydroxylation is 1. The predicted octanol–water partition coefficient (Wildman–Crippen LogP) is 4.35. The van der Waals surface area contributed by atoms with Crippen molar-refractivity contribution in [2.45, 2.75) is 24.6 Å². The lowest BCUT2D eigenvalue weighted by molar-refractivity contribution is -0.274. The van der Waals surface area contributed by atoms with Crippen molar-refractivity contribution < 1.29 is 27.8 Å². The number of nitrogens with zero attached hydrogens (tertiary/aromatic N) is 2. The third-order valence-corrected chi connectivity index (χ3v) is 5.44. The van der Waals surface area contributed by atoms with Gasteiger partial charge in [0.25, 0.3) is 0 Å². The number of carbonyl (C=O) groups is 1. The lowest BCUT2D eigenvalue weighted by Gasteiger charge is -2.35. The second-order valence-electron chi connectivity index (χ2n) is 6.77. The third kappa shape index (κ3) is 6.57. The molecule has 1 aliphatic rings. The molecule has 1 fully saturated rings. The largest absolute Gasteiger partial charge is 0.573 e. The van der Waals surface area contributed by atoms with Crippen molar-refractivity contribution in [3.05, 3.63) is 53.6 Å². The summed E-state index contributed by atoms with van der Waals surface area (Å²) in [5.41, 5.74) is 2.65. The number of piperazine rings is 1. The van der Waals surface area contributed by atoms with Crippen LogP contribution in [0.25, 0.3) is 0 Å². The number of rotatable bonds is 6. The van der Waals surface area contributed by atoms with Gasteiger partial charge in [-0.15, -0.1) is 13.2 Å². The molecule has 156 valence electrons. The van der Waals surface area contributed by atoms with Crippen LogP contribution in [0.3, 0.4) is 0 Å². The van der Waals surface area contributed by atoms with E-state index >= 15 is 0 Å². The minimum Gasteiger partial charge on any atom is -0.481 e. The molecule has 0 aliphatic carbocycles. The van der Waals surface area contributed by atoms with E-state index in [1.54, 1.807) is 24.1 Å². The molecule has 1 heterocycles. The number of ether oxygens (including phenoxy) is 1. The Balaban J connectivity index is 1.55. The summed E-state index contributed by atoms with van der Waals surface area (Å²) in [7, 11) is 0. The first-order valence-corrected chi connectivity index (χ1v) is 9.81. The SMILES string of the molecule is Cc1cc(CC(=O)O)cc(SN2CCN(c3ccc(OC(F)(F)F)cc3)CC2)c1. The van der Waals surface area contributed by atoms with Crippen LogP contribution in [-0.4, -0.2) is 47.9 Å². The summed E-state index contributed by atoms with van der Waals surface area (Å²) in [5.74, 6) is -1.08. The van der Waals surface area contributed by atoms with E-state index in [2.05, 4.69) is 13.9 Å². The molecule has 5 nitrogen and oxygen atoms in total. The number of alkyl halides is 3. The van der Waals surface area contributed by atoms with Crippen molar-refractivity contribution in [3.63, 3.8) is 0 Å². The Morgan fingerprint density at radius 1 is 1.10 bits per heavy atom. The maximum atomic E-state index is 12.3. The highest BCUT2D eigenvalue weighted by Gasteiger charge is 2.31. The average molecular weight is 426 g/mol. The van der Waals surface area contributed by atoms with Gasteiger partial charge >= 0.3 is 12.3 Å². The summed E-state index contributed by atoms with van der Waals surface area (Å²) < 4.78 is 42.9. The molecule has 0 amide bonds. The first kappa shape index (κ1) is 21.3. The fourth-order valence-corrected chi connectivity index (χ4v) is 4.29. The summed E-state index contributed by atoms with van der Waals surface area (Å²) in [6.07, 6.45) is -4.69. The normalized spacial score (nSPS) is 15.4. The zero-order valence-corrected chi connectivity index (χ0v) is 16.6. The van der Waals surface area contributed by atoms with Crippen LogP contribution >= 0.6 is 11.9 Å². The summed E-state index contributed by atoms with van der Waals surface area (Å²) >= 11 is 1.59. The first-order valence-electron chi connectivity index (χ1n) is 9.04. The van der Waals surface area contributed by atoms with Gasteiger partial charge in [0, 0.05) is 36.8 Å². The Labute approximate surface area is 171 Å². The Morgan fingerprint density at radius 2 is 1.76 bits per heavy atom. The third-order valence-electron chi connectivity index (χ3n) is 4.37. The van der Waals surface area contributed by atoms with Gasteiger partial charge in [-0.3, -0.25) is 4.79 Å². The van der Waals surface area contributed by atoms with Crippen molar-refractivity contribution in [2.75, 3.05) is 31.1 Å². The number of anilines is 1. The number of benzene rings is 2. The molecule has 1 saturated heterocycles. The van der Waals surface area contributed by atoms with Gasteiger partial charge in [-0.05, 0) is 66.4 Å². The molecular weight excluding hydrogens is 405 g/mol. The molecule has 29 heavy (non-hydrogen) atoms. The van der Waals surface area contributed by atoms with Crippen molar-refractivity contribution in [1.82, 2.24) is 4.31 Å². The standard InChI is InChI=1S/C20H21F3N2O3S/c1-14-10-15(13-19(26)27)12-18(11-14)29-25-8-6-24(7-9-25)16-2-4-17(5-3-16)28-20(21,22)23/h2-5,10-12H,6-9,13H2,1H3,(H,26,27). The number of carboxylic acid groups (broad SMARTS) is 1. The number of hydrogen-bond donors (Lipinski definition) is 1. The maximum Gasteiger partial charge on any atom is 0.573 e. The number of halogens is 3. The first-order chi connectivity index (χ1) is 13.7. The highest BCUT2D eigenvalue weighted by Crippen LogP contribution is 2.29. The van der Waals surface area contributed by atoms with E-state index in [1.807, 2.05) is 25.1 Å². The van der Waals surface area contributed by atoms with Crippen molar-refractivity contribution >= 4 is 23.6 Å². The van der Waals surface area contributed by atoms with Crippen LogP contribution in [0.4, 0.5) is 18.9 Å². The Kier molecular flexibility index (Phi) is 6.59. The highest BCUT2D eigenvalue weighted by molar-refractivity contribution is 7.97. The molecule has 9 heteroatoms. The number of carboxylic acids is 1. The Bertz CT molecular complexity index is 851. The summed E-state index contributed by atoms with van der Waals surface area (Å²) in [6.45, 7) is 4.96. The molecular formula is C20H21F3N2O3S. The molecule has 0 radical (unpaired) electrons. The van der Waals surface area contributed by atoms with E-state index in [9.17, 15) is 18.0 Å². The summed E-state index contributed by atoms with van der Waals surface area (Å²) in [6, 6.07) is 11.7. The minimum atomic E-state index is -4.69. The molecule has 1 N–H and O–H groups in total. The minimum absolute atomic E-state index is 0.00291. The van der Waals surface area contributed by atoms with Crippen LogP contribution in [0.1, 0.15) is 11.1 Å². The van der Waals surface area contributed by atoms with E-state index in [1.165, 1.54) is 12.1 Å². The van der Waals surface area contributed by atoms with Gasteiger partial charge in [-0.25, -0.2) is 4.31 Å². The monoisotopic (exact) mass is 426 g/mol. The number of hydrogen-bond acceptors (Lipinski definition) is 5. The Hall–Kier alpha value is -2.39. The van der Waals surface area contributed by atoms with Crippen LogP contribution in [0.5, 0.6) is 5.75 Å². The zero-order chi connectivity index (χ0) is 21.0. The van der Waals surface area contributed by atoms with Gasteiger partial charge in [0.15, 0.2) is 0 Å². The molecule has 0 unspecified atom stereocenters.